The van der Waals surface area contributed by atoms with Crippen LogP contribution >= 0.6 is 0 Å². The fraction of sp³-hybridized carbons (Fsp3) is 0.316. The van der Waals surface area contributed by atoms with E-state index in [1.807, 2.05) is 6.92 Å². The zero-order valence-electron chi connectivity index (χ0n) is 15.9. The van der Waals surface area contributed by atoms with Gasteiger partial charge < -0.3 is 10.1 Å². The number of sulfonamides is 1. The Morgan fingerprint density at radius 1 is 1.07 bits per heavy atom. The molecule has 158 valence electrons. The summed E-state index contributed by atoms with van der Waals surface area (Å²) in [5.41, 5.74) is -0.159. The summed E-state index contributed by atoms with van der Waals surface area (Å²) in [4.78, 5) is 12.2. The number of rotatable bonds is 8. The minimum Gasteiger partial charge on any atom is -0.494 e. The number of anilines is 1. The first-order valence-electron chi connectivity index (χ1n) is 8.64. The van der Waals surface area contributed by atoms with Crippen molar-refractivity contribution in [3.8, 4) is 5.75 Å². The normalized spacial score (nSPS) is 11.8. The zero-order chi connectivity index (χ0) is 21.7. The maximum atomic E-state index is 12.7. The van der Waals surface area contributed by atoms with E-state index in [0.717, 1.165) is 40.4 Å². The van der Waals surface area contributed by atoms with Gasteiger partial charge in [0, 0.05) is 6.54 Å². The van der Waals surface area contributed by atoms with E-state index < -0.39 is 34.2 Å². The smallest absolute Gasteiger partial charge is 0.416 e. The van der Waals surface area contributed by atoms with Crippen LogP contribution in [0.1, 0.15) is 18.1 Å². The maximum absolute atomic E-state index is 12.7. The van der Waals surface area contributed by atoms with Crippen molar-refractivity contribution >= 4 is 21.6 Å². The van der Waals surface area contributed by atoms with Gasteiger partial charge in [-0.05, 0) is 48.9 Å². The average molecular weight is 430 g/mol. The van der Waals surface area contributed by atoms with Crippen LogP contribution in [0.4, 0.5) is 18.9 Å². The Kier molecular flexibility index (Phi) is 7.12. The summed E-state index contributed by atoms with van der Waals surface area (Å²) in [6.45, 7) is 2.00. The molecule has 2 aromatic rings. The van der Waals surface area contributed by atoms with Gasteiger partial charge in [0.1, 0.15) is 12.3 Å². The SMILES string of the molecule is CCOc1ccc(CNC(=O)CN(c2ccc(C(F)(F)F)cc2)S(C)(=O)=O)cc1. The number of benzene rings is 2. The molecule has 0 saturated carbocycles. The molecule has 1 N–H and O–H groups in total. The molecular weight excluding hydrogens is 409 g/mol. The third-order valence-corrected chi connectivity index (χ3v) is 5.03. The predicted molar refractivity (Wildman–Crippen MR) is 103 cm³/mol. The molecule has 10 heteroatoms. The van der Waals surface area contributed by atoms with Crippen molar-refractivity contribution in [2.75, 3.05) is 23.7 Å². The second kappa shape index (κ2) is 9.17. The number of nitrogens with zero attached hydrogens (tertiary/aromatic N) is 1. The summed E-state index contributed by atoms with van der Waals surface area (Å²) in [6, 6.07) is 10.6. The molecule has 6 nitrogen and oxygen atoms in total. The summed E-state index contributed by atoms with van der Waals surface area (Å²) in [7, 11) is -3.88. The number of amides is 1. The molecule has 0 unspecified atom stereocenters. The van der Waals surface area contributed by atoms with Gasteiger partial charge in [0.2, 0.25) is 15.9 Å². The van der Waals surface area contributed by atoms with E-state index in [1.54, 1.807) is 24.3 Å². The first kappa shape index (κ1) is 22.5. The first-order valence-corrected chi connectivity index (χ1v) is 10.5. The molecule has 0 aliphatic heterocycles. The van der Waals surface area contributed by atoms with Gasteiger partial charge in [0.15, 0.2) is 0 Å². The summed E-state index contributed by atoms with van der Waals surface area (Å²) >= 11 is 0. The number of halogens is 3. The van der Waals surface area contributed by atoms with E-state index in [0.29, 0.717) is 12.4 Å². The Balaban J connectivity index is 2.05. The van der Waals surface area contributed by atoms with Crippen molar-refractivity contribution in [3.05, 3.63) is 59.7 Å². The van der Waals surface area contributed by atoms with Crippen LogP contribution in [-0.2, 0) is 27.5 Å². The molecule has 0 spiro atoms. The fourth-order valence-corrected chi connectivity index (χ4v) is 3.33. The van der Waals surface area contributed by atoms with Crippen molar-refractivity contribution in [3.63, 3.8) is 0 Å². The summed E-state index contributed by atoms with van der Waals surface area (Å²) in [5.74, 6) is 0.0948. The molecule has 0 aliphatic carbocycles. The van der Waals surface area contributed by atoms with E-state index in [-0.39, 0.29) is 12.2 Å². The van der Waals surface area contributed by atoms with E-state index in [2.05, 4.69) is 5.32 Å². The van der Waals surface area contributed by atoms with Crippen molar-refractivity contribution in [1.82, 2.24) is 5.32 Å². The van der Waals surface area contributed by atoms with Crippen LogP contribution < -0.4 is 14.4 Å². The number of ether oxygens (including phenoxy) is 1. The number of hydrogen-bond donors (Lipinski definition) is 1. The Morgan fingerprint density at radius 2 is 1.66 bits per heavy atom. The van der Waals surface area contributed by atoms with Crippen molar-refractivity contribution in [2.45, 2.75) is 19.6 Å². The second-order valence-corrected chi connectivity index (χ2v) is 8.07. The molecule has 0 aliphatic rings. The average Bonchev–Trinajstić information content (AvgIpc) is 2.64. The summed E-state index contributed by atoms with van der Waals surface area (Å²) in [6.07, 6.45) is -3.66. The molecule has 0 bridgehead atoms. The van der Waals surface area contributed by atoms with Crippen LogP contribution in [0.2, 0.25) is 0 Å². The van der Waals surface area contributed by atoms with E-state index in [1.165, 1.54) is 0 Å². The molecular formula is C19H21F3N2O4S. The second-order valence-electron chi connectivity index (χ2n) is 6.17. The fourth-order valence-electron chi connectivity index (χ4n) is 2.47. The highest BCUT2D eigenvalue weighted by molar-refractivity contribution is 7.92. The lowest BCUT2D eigenvalue weighted by Crippen LogP contribution is -2.40. The van der Waals surface area contributed by atoms with Gasteiger partial charge in [-0.3, -0.25) is 9.10 Å². The number of carbonyl (C=O) groups is 1. The molecule has 0 fully saturated rings. The quantitative estimate of drug-likeness (QED) is 0.698. The van der Waals surface area contributed by atoms with Gasteiger partial charge in [-0.2, -0.15) is 13.2 Å². The van der Waals surface area contributed by atoms with Gasteiger partial charge in [0.05, 0.1) is 24.1 Å². The number of carbonyl (C=O) groups excluding carboxylic acids is 1. The molecule has 1 amide bonds. The monoisotopic (exact) mass is 430 g/mol. The molecule has 0 radical (unpaired) electrons. The van der Waals surface area contributed by atoms with Crippen molar-refractivity contribution < 1.29 is 31.1 Å². The standard InChI is InChI=1S/C19H21F3N2O4S/c1-3-28-17-10-4-14(5-11-17)12-23-18(25)13-24(29(2,26)27)16-8-6-15(7-9-16)19(20,21)22/h4-11H,3,12-13H2,1-2H3,(H,23,25). The van der Waals surface area contributed by atoms with Crippen LogP contribution in [0.3, 0.4) is 0 Å². The molecule has 2 rings (SSSR count). The minimum atomic E-state index is -4.54. The summed E-state index contributed by atoms with van der Waals surface area (Å²) in [5, 5.41) is 2.59. The van der Waals surface area contributed by atoms with Gasteiger partial charge in [-0.25, -0.2) is 8.42 Å². The van der Waals surface area contributed by atoms with E-state index in [9.17, 15) is 26.4 Å². The van der Waals surface area contributed by atoms with Crippen LogP contribution in [-0.4, -0.2) is 33.7 Å². The Morgan fingerprint density at radius 3 is 2.14 bits per heavy atom. The zero-order valence-corrected chi connectivity index (χ0v) is 16.7. The molecule has 29 heavy (non-hydrogen) atoms. The molecule has 0 heterocycles. The highest BCUT2D eigenvalue weighted by Gasteiger charge is 2.30. The minimum absolute atomic E-state index is 0.0308. The highest BCUT2D eigenvalue weighted by Crippen LogP contribution is 2.30. The lowest BCUT2D eigenvalue weighted by atomic mass is 10.2. The number of alkyl halides is 3. The first-order chi connectivity index (χ1) is 13.5. The largest absolute Gasteiger partial charge is 0.494 e. The van der Waals surface area contributed by atoms with E-state index >= 15 is 0 Å². The van der Waals surface area contributed by atoms with Crippen LogP contribution in [0, 0.1) is 0 Å². The van der Waals surface area contributed by atoms with Crippen LogP contribution in [0.5, 0.6) is 5.75 Å². The van der Waals surface area contributed by atoms with Gasteiger partial charge in [0.25, 0.3) is 0 Å². The van der Waals surface area contributed by atoms with Gasteiger partial charge in [-0.1, -0.05) is 12.1 Å². The van der Waals surface area contributed by atoms with Gasteiger partial charge >= 0.3 is 6.18 Å². The van der Waals surface area contributed by atoms with Crippen molar-refractivity contribution in [1.29, 1.82) is 0 Å². The highest BCUT2D eigenvalue weighted by atomic mass is 32.2. The predicted octanol–water partition coefficient (Wildman–Crippen LogP) is 3.19. The third kappa shape index (κ3) is 6.67. The molecule has 0 atom stereocenters. The molecule has 0 saturated heterocycles. The molecule has 2 aromatic carbocycles. The van der Waals surface area contributed by atoms with Gasteiger partial charge in [-0.15, -0.1) is 0 Å². The Labute approximate surface area is 167 Å². The van der Waals surface area contributed by atoms with E-state index in [4.69, 9.17) is 4.74 Å². The Hall–Kier alpha value is -2.75. The topological polar surface area (TPSA) is 75.7 Å². The lowest BCUT2D eigenvalue weighted by molar-refractivity contribution is -0.137. The lowest BCUT2D eigenvalue weighted by Gasteiger charge is -2.22. The number of hydrogen-bond acceptors (Lipinski definition) is 4. The van der Waals surface area contributed by atoms with Crippen LogP contribution in [0.15, 0.2) is 48.5 Å². The van der Waals surface area contributed by atoms with Crippen LogP contribution in [0.25, 0.3) is 0 Å². The maximum Gasteiger partial charge on any atom is 0.416 e. The summed E-state index contributed by atoms with van der Waals surface area (Å²) < 4.78 is 68.2. The third-order valence-electron chi connectivity index (χ3n) is 3.89. The molecule has 0 aromatic heterocycles. The Bertz CT molecular complexity index is 927. The van der Waals surface area contributed by atoms with Crippen molar-refractivity contribution in [2.24, 2.45) is 0 Å². The number of nitrogens with one attached hydrogen (secondary N) is 1.